The smallest absolute Gasteiger partial charge is 0.325 e. The van der Waals surface area contributed by atoms with Crippen LogP contribution in [-0.2, 0) is 24.6 Å². The molecule has 0 bridgehead atoms. The quantitative estimate of drug-likeness (QED) is 0.761. The fourth-order valence-electron chi connectivity index (χ4n) is 4.16. The maximum Gasteiger partial charge on any atom is 0.325 e. The zero-order valence-corrected chi connectivity index (χ0v) is 16.2. The normalized spacial score (nSPS) is 28.1. The molecule has 3 fully saturated rings. The fourth-order valence-corrected chi connectivity index (χ4v) is 4.16. The third kappa shape index (κ3) is 3.72. The lowest BCUT2D eigenvalue weighted by Gasteiger charge is -2.35. The molecule has 8 nitrogen and oxygen atoms in total. The highest BCUT2D eigenvalue weighted by Crippen LogP contribution is 2.30. The van der Waals surface area contributed by atoms with Crippen molar-refractivity contribution in [3.8, 4) is 0 Å². The monoisotopic (exact) mass is 405 g/mol. The number of nitrogens with one attached hydrogen (secondary N) is 1. The van der Waals surface area contributed by atoms with Crippen LogP contribution in [0.2, 0.25) is 0 Å². The van der Waals surface area contributed by atoms with E-state index in [2.05, 4.69) is 5.32 Å². The number of imide groups is 1. The number of hydrogen-bond donors (Lipinski definition) is 1. The van der Waals surface area contributed by atoms with E-state index in [4.69, 9.17) is 9.47 Å². The van der Waals surface area contributed by atoms with Gasteiger partial charge in [-0.1, -0.05) is 12.1 Å². The zero-order valence-electron chi connectivity index (χ0n) is 16.2. The van der Waals surface area contributed by atoms with Crippen molar-refractivity contribution in [3.05, 3.63) is 35.6 Å². The molecular formula is C20H24FN3O5. The standard InChI is InChI=1S/C20H24FN3O5/c1-20(14-4-6-15(21)7-5-14)18(26)24(19(27)22-20)12-16(25)23-8-2-3-13(11-23)17-28-9-10-29-17/h4-7,13,17H,2-3,8-12H2,1H3,(H,22,27). The highest BCUT2D eigenvalue weighted by Gasteiger charge is 2.50. The molecule has 0 aliphatic carbocycles. The van der Waals surface area contributed by atoms with Gasteiger partial charge in [0.2, 0.25) is 5.91 Å². The Morgan fingerprint density at radius 3 is 2.62 bits per heavy atom. The molecule has 2 atom stereocenters. The molecule has 1 aromatic carbocycles. The van der Waals surface area contributed by atoms with E-state index in [1.807, 2.05) is 0 Å². The second-order valence-electron chi connectivity index (χ2n) is 7.81. The molecule has 1 aromatic rings. The van der Waals surface area contributed by atoms with E-state index in [1.54, 1.807) is 11.8 Å². The van der Waals surface area contributed by atoms with Crippen LogP contribution in [-0.4, -0.2) is 66.8 Å². The summed E-state index contributed by atoms with van der Waals surface area (Å²) in [7, 11) is 0. The summed E-state index contributed by atoms with van der Waals surface area (Å²) in [5.74, 6) is -1.17. The SMILES string of the molecule is CC1(c2ccc(F)cc2)NC(=O)N(CC(=O)N2CCCC(C3OCCO3)C2)C1=O. The first-order chi connectivity index (χ1) is 13.9. The van der Waals surface area contributed by atoms with Crippen molar-refractivity contribution in [1.82, 2.24) is 15.1 Å². The van der Waals surface area contributed by atoms with Gasteiger partial charge in [-0.3, -0.25) is 14.5 Å². The number of likely N-dealkylation sites (tertiary alicyclic amines) is 1. The van der Waals surface area contributed by atoms with Crippen LogP contribution in [0.3, 0.4) is 0 Å². The molecular weight excluding hydrogens is 381 g/mol. The van der Waals surface area contributed by atoms with Gasteiger partial charge in [0.15, 0.2) is 6.29 Å². The molecule has 4 rings (SSSR count). The Hall–Kier alpha value is -2.52. The molecule has 1 N–H and O–H groups in total. The first-order valence-corrected chi connectivity index (χ1v) is 9.79. The molecule has 156 valence electrons. The summed E-state index contributed by atoms with van der Waals surface area (Å²) in [5.41, 5.74) is -0.873. The Labute approximate surface area is 167 Å². The minimum atomic E-state index is -1.33. The number of rotatable bonds is 4. The molecule has 0 spiro atoms. The van der Waals surface area contributed by atoms with Crippen LogP contribution in [0.25, 0.3) is 0 Å². The lowest BCUT2D eigenvalue weighted by molar-refractivity contribution is -0.143. The number of benzene rings is 1. The van der Waals surface area contributed by atoms with Gasteiger partial charge in [-0.15, -0.1) is 0 Å². The van der Waals surface area contributed by atoms with Gasteiger partial charge in [-0.25, -0.2) is 9.18 Å². The van der Waals surface area contributed by atoms with Gasteiger partial charge in [0.1, 0.15) is 17.9 Å². The van der Waals surface area contributed by atoms with Crippen molar-refractivity contribution in [2.24, 2.45) is 5.92 Å². The van der Waals surface area contributed by atoms with Crippen molar-refractivity contribution in [2.45, 2.75) is 31.6 Å². The Balaban J connectivity index is 1.43. The van der Waals surface area contributed by atoms with Gasteiger partial charge < -0.3 is 19.7 Å². The first kappa shape index (κ1) is 19.8. The Morgan fingerprint density at radius 2 is 1.93 bits per heavy atom. The average molecular weight is 405 g/mol. The summed E-state index contributed by atoms with van der Waals surface area (Å²) >= 11 is 0. The predicted molar refractivity (Wildman–Crippen MR) is 99.0 cm³/mol. The highest BCUT2D eigenvalue weighted by atomic mass is 19.1. The van der Waals surface area contributed by atoms with Crippen molar-refractivity contribution in [1.29, 1.82) is 0 Å². The third-order valence-corrected chi connectivity index (χ3v) is 5.83. The van der Waals surface area contributed by atoms with Gasteiger partial charge in [-0.2, -0.15) is 0 Å². The lowest BCUT2D eigenvalue weighted by Crippen LogP contribution is -2.49. The van der Waals surface area contributed by atoms with Crippen LogP contribution in [0.5, 0.6) is 0 Å². The molecule has 4 amide bonds. The number of urea groups is 1. The number of piperidine rings is 1. The lowest BCUT2D eigenvalue weighted by atomic mass is 9.92. The average Bonchev–Trinajstić information content (AvgIpc) is 3.32. The number of amides is 4. The molecule has 3 saturated heterocycles. The number of nitrogens with zero attached hydrogens (tertiary/aromatic N) is 2. The molecule has 3 aliphatic heterocycles. The van der Waals surface area contributed by atoms with Crippen LogP contribution in [0, 0.1) is 11.7 Å². The van der Waals surface area contributed by atoms with Crippen LogP contribution >= 0.6 is 0 Å². The number of carbonyl (C=O) groups is 3. The largest absolute Gasteiger partial charge is 0.350 e. The van der Waals surface area contributed by atoms with Gasteiger partial charge in [0.05, 0.1) is 13.2 Å². The van der Waals surface area contributed by atoms with Gasteiger partial charge in [0, 0.05) is 19.0 Å². The Morgan fingerprint density at radius 1 is 1.24 bits per heavy atom. The van der Waals surface area contributed by atoms with E-state index in [0.29, 0.717) is 31.9 Å². The van der Waals surface area contributed by atoms with Crippen molar-refractivity contribution in [2.75, 3.05) is 32.8 Å². The number of carbonyl (C=O) groups excluding carboxylic acids is 3. The van der Waals surface area contributed by atoms with Gasteiger partial charge in [0.25, 0.3) is 5.91 Å². The molecule has 0 radical (unpaired) electrons. The molecule has 0 saturated carbocycles. The van der Waals surface area contributed by atoms with Crippen molar-refractivity contribution >= 4 is 17.8 Å². The molecule has 0 aromatic heterocycles. The van der Waals surface area contributed by atoms with Crippen LogP contribution in [0.4, 0.5) is 9.18 Å². The van der Waals surface area contributed by atoms with Gasteiger partial charge in [-0.05, 0) is 37.5 Å². The topological polar surface area (TPSA) is 88.2 Å². The van der Waals surface area contributed by atoms with Crippen LogP contribution in [0.15, 0.2) is 24.3 Å². The maximum atomic E-state index is 13.2. The molecule has 29 heavy (non-hydrogen) atoms. The Kier molecular flexibility index (Phi) is 5.26. The van der Waals surface area contributed by atoms with E-state index in [-0.39, 0.29) is 24.7 Å². The van der Waals surface area contributed by atoms with E-state index in [0.717, 1.165) is 17.7 Å². The van der Waals surface area contributed by atoms with Crippen molar-refractivity contribution in [3.63, 3.8) is 0 Å². The number of halogens is 1. The molecule has 3 heterocycles. The minimum Gasteiger partial charge on any atom is -0.350 e. The maximum absolute atomic E-state index is 13.2. The van der Waals surface area contributed by atoms with E-state index >= 15 is 0 Å². The third-order valence-electron chi connectivity index (χ3n) is 5.83. The highest BCUT2D eigenvalue weighted by molar-refractivity contribution is 6.09. The summed E-state index contributed by atoms with van der Waals surface area (Å²) in [6, 6.07) is 4.74. The van der Waals surface area contributed by atoms with Crippen LogP contribution in [0.1, 0.15) is 25.3 Å². The summed E-state index contributed by atoms with van der Waals surface area (Å²) in [5, 5.41) is 2.63. The number of hydrogen-bond acceptors (Lipinski definition) is 5. The fraction of sp³-hybridized carbons (Fsp3) is 0.550. The summed E-state index contributed by atoms with van der Waals surface area (Å²) in [6.45, 7) is 3.37. The summed E-state index contributed by atoms with van der Waals surface area (Å²) in [4.78, 5) is 40.8. The zero-order chi connectivity index (χ0) is 20.6. The van der Waals surface area contributed by atoms with E-state index in [1.165, 1.54) is 24.3 Å². The first-order valence-electron chi connectivity index (χ1n) is 9.79. The number of ether oxygens (including phenoxy) is 2. The summed E-state index contributed by atoms with van der Waals surface area (Å²) in [6.07, 6.45) is 1.41. The predicted octanol–water partition coefficient (Wildman–Crippen LogP) is 1.20. The van der Waals surface area contributed by atoms with E-state index in [9.17, 15) is 18.8 Å². The molecule has 9 heteroatoms. The van der Waals surface area contributed by atoms with E-state index < -0.39 is 23.3 Å². The second-order valence-corrected chi connectivity index (χ2v) is 7.81. The second kappa shape index (κ2) is 7.72. The van der Waals surface area contributed by atoms with Crippen LogP contribution < -0.4 is 5.32 Å². The van der Waals surface area contributed by atoms with Gasteiger partial charge >= 0.3 is 6.03 Å². The Bertz CT molecular complexity index is 811. The van der Waals surface area contributed by atoms with Crippen molar-refractivity contribution < 1.29 is 28.2 Å². The molecule has 3 aliphatic rings. The summed E-state index contributed by atoms with van der Waals surface area (Å²) < 4.78 is 24.3. The minimum absolute atomic E-state index is 0.0859. The molecule has 2 unspecified atom stereocenters.